The zero-order valence-electron chi connectivity index (χ0n) is 49.1. The summed E-state index contributed by atoms with van der Waals surface area (Å²) in [5.74, 6) is -6.10. The summed E-state index contributed by atoms with van der Waals surface area (Å²) < 4.78 is 0. The SMILES string of the molecule is CC(=O)NC1CCCC1C(=O)N[C@H](CC(=O)NC1CCCC1C(=O)NC[C@H](CC(C)C)C(=O)NC1CNCC1C(=O)NC1CNCC1C(=O)N[C@H](CC(=O)NC1CNCC1C(N)=O)Cc1cccc2ccccc12)Cc1cccc2ccccc12. The van der Waals surface area contributed by atoms with Crippen LogP contribution in [0.3, 0.4) is 0 Å². The minimum absolute atomic E-state index is 0.0208. The lowest BCUT2D eigenvalue weighted by Gasteiger charge is -2.28. The Kier molecular flexibility index (Phi) is 21.2. The predicted octanol–water partition coefficient (Wildman–Crippen LogP) is 1.49. The zero-order chi connectivity index (χ0) is 60.1. The largest absolute Gasteiger partial charge is 0.369 e. The molecular weight excluding hydrogens is 1080 g/mol. The minimum Gasteiger partial charge on any atom is -0.369 e. The summed E-state index contributed by atoms with van der Waals surface area (Å²) in [6.45, 7) is 7.49. The van der Waals surface area contributed by atoms with Gasteiger partial charge in [0, 0.05) is 89.7 Å². The Balaban J connectivity index is 0.789. The van der Waals surface area contributed by atoms with Crippen LogP contribution in [0.25, 0.3) is 21.5 Å². The van der Waals surface area contributed by atoms with E-state index in [4.69, 9.17) is 5.73 Å². The quantitative estimate of drug-likeness (QED) is 0.0450. The molecule has 2 saturated carbocycles. The van der Waals surface area contributed by atoms with Gasteiger partial charge in [-0.3, -0.25) is 43.2 Å². The van der Waals surface area contributed by atoms with Gasteiger partial charge < -0.3 is 64.2 Å². The molecule has 0 radical (unpaired) electrons. The van der Waals surface area contributed by atoms with E-state index in [0.29, 0.717) is 84.1 Å². The molecule has 0 aromatic heterocycles. The number of hydrogen-bond donors (Lipinski definition) is 12. The summed E-state index contributed by atoms with van der Waals surface area (Å²) in [5.41, 5.74) is 7.56. The Morgan fingerprint density at radius 3 is 1.49 bits per heavy atom. The molecule has 13 N–H and O–H groups in total. The van der Waals surface area contributed by atoms with Crippen LogP contribution in [0.1, 0.15) is 89.7 Å². The highest BCUT2D eigenvalue weighted by atomic mass is 16.2. The van der Waals surface area contributed by atoms with Crippen molar-refractivity contribution in [2.24, 2.45) is 47.2 Å². The number of rotatable bonds is 25. The fourth-order valence-corrected chi connectivity index (χ4v) is 13.7. The average molecular weight is 1170 g/mol. The third kappa shape index (κ3) is 16.3. The molecule has 456 valence electrons. The smallest absolute Gasteiger partial charge is 0.226 e. The van der Waals surface area contributed by atoms with Crippen molar-refractivity contribution in [3.63, 3.8) is 0 Å². The van der Waals surface area contributed by atoms with Gasteiger partial charge in [0.05, 0.1) is 53.6 Å². The Bertz CT molecular complexity index is 3070. The molecular formula is C64H86N12O9. The molecule has 21 heteroatoms. The number of carbonyl (C=O) groups is 9. The van der Waals surface area contributed by atoms with Gasteiger partial charge in [-0.05, 0) is 83.5 Å². The molecule has 13 atom stereocenters. The van der Waals surface area contributed by atoms with Crippen LogP contribution in [0.4, 0.5) is 0 Å². The van der Waals surface area contributed by atoms with Gasteiger partial charge in [0.25, 0.3) is 0 Å². The van der Waals surface area contributed by atoms with Gasteiger partial charge >= 0.3 is 0 Å². The molecule has 21 nitrogen and oxygen atoms in total. The molecule has 0 bridgehead atoms. The van der Waals surface area contributed by atoms with E-state index in [1.807, 2.05) is 98.8 Å². The fraction of sp³-hybridized carbons (Fsp3) is 0.547. The van der Waals surface area contributed by atoms with Crippen molar-refractivity contribution in [1.29, 1.82) is 0 Å². The fourth-order valence-electron chi connectivity index (χ4n) is 13.7. The van der Waals surface area contributed by atoms with E-state index in [9.17, 15) is 43.2 Å². The summed E-state index contributed by atoms with van der Waals surface area (Å²) in [6, 6.07) is 24.2. The van der Waals surface area contributed by atoms with Crippen LogP contribution in [0, 0.1) is 41.4 Å². The molecule has 3 heterocycles. The lowest BCUT2D eigenvalue weighted by Crippen LogP contribution is -2.54. The number of primary amides is 1. The lowest BCUT2D eigenvalue weighted by atomic mass is 9.93. The highest BCUT2D eigenvalue weighted by Gasteiger charge is 2.42. The summed E-state index contributed by atoms with van der Waals surface area (Å²) in [4.78, 5) is 123. The second-order valence-corrected chi connectivity index (χ2v) is 24.7. The van der Waals surface area contributed by atoms with Gasteiger partial charge in [0.1, 0.15) is 0 Å². The van der Waals surface area contributed by atoms with Gasteiger partial charge in [0.2, 0.25) is 53.2 Å². The van der Waals surface area contributed by atoms with Crippen LogP contribution < -0.4 is 64.2 Å². The first kappa shape index (κ1) is 62.1. The molecule has 85 heavy (non-hydrogen) atoms. The molecule has 5 fully saturated rings. The topological polar surface area (TPSA) is 312 Å². The molecule has 0 spiro atoms. The third-order valence-electron chi connectivity index (χ3n) is 18.0. The van der Waals surface area contributed by atoms with Crippen molar-refractivity contribution >= 4 is 74.7 Å². The van der Waals surface area contributed by atoms with E-state index in [2.05, 4.69) is 58.5 Å². The number of carbonyl (C=O) groups excluding carboxylic acids is 9. The molecule has 9 rings (SSSR count). The monoisotopic (exact) mass is 1170 g/mol. The number of hydrogen-bond acceptors (Lipinski definition) is 12. The molecule has 9 amide bonds. The normalized spacial score (nSPS) is 25.6. The van der Waals surface area contributed by atoms with E-state index in [1.165, 1.54) is 6.92 Å². The highest BCUT2D eigenvalue weighted by Crippen LogP contribution is 2.30. The van der Waals surface area contributed by atoms with Crippen LogP contribution in [0.15, 0.2) is 84.9 Å². The minimum atomic E-state index is -0.674. The number of nitrogens with one attached hydrogen (secondary N) is 11. The number of amides is 9. The molecule has 4 aromatic carbocycles. The summed E-state index contributed by atoms with van der Waals surface area (Å²) in [7, 11) is 0. The molecule has 3 aliphatic heterocycles. The second-order valence-electron chi connectivity index (χ2n) is 24.7. The Hall–Kier alpha value is -7.49. The van der Waals surface area contributed by atoms with Crippen molar-refractivity contribution in [2.45, 2.75) is 134 Å². The van der Waals surface area contributed by atoms with Gasteiger partial charge in [-0.15, -0.1) is 0 Å². The number of fused-ring (bicyclic) bond motifs is 2. The molecule has 4 aromatic rings. The first-order valence-corrected chi connectivity index (χ1v) is 30.7. The van der Waals surface area contributed by atoms with Gasteiger partial charge in [0.15, 0.2) is 0 Å². The predicted molar refractivity (Wildman–Crippen MR) is 323 cm³/mol. The molecule has 3 saturated heterocycles. The molecule has 2 aliphatic carbocycles. The summed E-state index contributed by atoms with van der Waals surface area (Å²) >= 11 is 0. The summed E-state index contributed by atoms with van der Waals surface area (Å²) in [6.07, 6.45) is 5.11. The Morgan fingerprint density at radius 2 is 0.953 bits per heavy atom. The molecule has 5 aliphatic rings. The maximum Gasteiger partial charge on any atom is 0.226 e. The number of nitrogens with two attached hydrogens (primary N) is 1. The van der Waals surface area contributed by atoms with Gasteiger partial charge in [-0.25, -0.2) is 0 Å². The summed E-state index contributed by atoms with van der Waals surface area (Å²) in [5, 5.41) is 38.3. The number of benzene rings is 4. The van der Waals surface area contributed by atoms with Gasteiger partial charge in [-0.2, -0.15) is 0 Å². The van der Waals surface area contributed by atoms with Gasteiger partial charge in [-0.1, -0.05) is 112 Å². The van der Waals surface area contributed by atoms with Crippen LogP contribution in [0.2, 0.25) is 0 Å². The van der Waals surface area contributed by atoms with Crippen molar-refractivity contribution in [2.75, 3.05) is 45.8 Å². The maximum atomic E-state index is 14.3. The lowest BCUT2D eigenvalue weighted by molar-refractivity contribution is -0.130. The zero-order valence-corrected chi connectivity index (χ0v) is 49.1. The first-order valence-electron chi connectivity index (χ1n) is 30.7. The van der Waals surface area contributed by atoms with Crippen LogP contribution in [0.5, 0.6) is 0 Å². The van der Waals surface area contributed by atoms with Crippen LogP contribution >= 0.6 is 0 Å². The Morgan fingerprint density at radius 1 is 0.494 bits per heavy atom. The highest BCUT2D eigenvalue weighted by molar-refractivity contribution is 5.90. The van der Waals surface area contributed by atoms with E-state index >= 15 is 0 Å². The van der Waals surface area contributed by atoms with Crippen molar-refractivity contribution in [3.05, 3.63) is 96.1 Å². The molecule has 10 unspecified atom stereocenters. The average Bonchev–Trinajstić information content (AvgIpc) is 4.46. The van der Waals surface area contributed by atoms with E-state index in [1.54, 1.807) is 0 Å². The van der Waals surface area contributed by atoms with E-state index in [-0.39, 0.29) is 85.1 Å². The van der Waals surface area contributed by atoms with Crippen LogP contribution in [-0.2, 0) is 56.0 Å². The van der Waals surface area contributed by atoms with E-state index in [0.717, 1.165) is 39.1 Å². The standard InChI is InChI=1S/C64H86N12O9/c1-36(2)24-42(29-69-61(82)47-20-10-23-53(47)73-57(78)27-43(25-40-16-8-14-38-12-4-6-18-45(38)40)71-62(83)48-21-11-22-52(48)70-37(3)77)60(81)75-55-34-68-32-51(55)64(85)76-56-35-67-31-50(56)63(84)72-44(26-41-17-9-15-39-13-5-7-19-46(39)41)28-58(79)74-54-33-66-30-49(54)59(65)80/h4-9,12-19,36,42-44,47-56,66-68H,10-11,20-35H2,1-3H3,(H2,65,80)(H,69,82)(H,70,77)(H,71,83)(H,72,84)(H,73,78)(H,74,79)(H,75,81)(H,76,85)/t42-,43-,44-,47?,48?,49?,50?,51?,52?,53?,54?,55?,56?/m0/s1. The Labute approximate surface area is 497 Å². The van der Waals surface area contributed by atoms with Crippen molar-refractivity contribution < 1.29 is 43.2 Å². The van der Waals surface area contributed by atoms with Crippen molar-refractivity contribution in [1.82, 2.24) is 58.5 Å². The second kappa shape index (κ2) is 29.1. The van der Waals surface area contributed by atoms with Crippen LogP contribution in [-0.4, -0.2) is 141 Å². The van der Waals surface area contributed by atoms with Crippen molar-refractivity contribution in [3.8, 4) is 0 Å². The maximum absolute atomic E-state index is 14.3. The third-order valence-corrected chi connectivity index (χ3v) is 18.0. The van der Waals surface area contributed by atoms with E-state index < -0.39 is 77.7 Å². The first-order chi connectivity index (χ1) is 41.0.